The van der Waals surface area contributed by atoms with Gasteiger partial charge in [-0.15, -0.1) is 0 Å². The number of carbonyl (C=O) groups excluding carboxylic acids is 2. The number of nitrogens with one attached hydrogen (secondary N) is 1. The number of rotatable bonds is 4. The van der Waals surface area contributed by atoms with Crippen molar-refractivity contribution in [3.05, 3.63) is 65.7 Å². The summed E-state index contributed by atoms with van der Waals surface area (Å²) in [4.78, 5) is 30.8. The van der Waals surface area contributed by atoms with Crippen molar-refractivity contribution in [1.82, 2.24) is 9.88 Å². The Morgan fingerprint density at radius 1 is 0.972 bits per heavy atom. The van der Waals surface area contributed by atoms with Crippen molar-refractivity contribution >= 4 is 33.6 Å². The van der Waals surface area contributed by atoms with Gasteiger partial charge in [0, 0.05) is 47.8 Å². The number of methoxy groups -OCH3 is 1. The molecule has 3 aromatic carbocycles. The maximum atomic E-state index is 13.3. The van der Waals surface area contributed by atoms with E-state index in [1.165, 1.54) is 0 Å². The van der Waals surface area contributed by atoms with Crippen LogP contribution in [-0.2, 0) is 9.47 Å². The average Bonchev–Trinajstić information content (AvgIpc) is 3.52. The summed E-state index contributed by atoms with van der Waals surface area (Å²) in [6.07, 6.45) is 1.34. The van der Waals surface area contributed by atoms with E-state index in [9.17, 15) is 9.59 Å². The fourth-order valence-corrected chi connectivity index (χ4v) is 5.32. The van der Waals surface area contributed by atoms with E-state index in [0.717, 1.165) is 33.2 Å². The zero-order valence-corrected chi connectivity index (χ0v) is 20.0. The summed E-state index contributed by atoms with van der Waals surface area (Å²) in [6, 6.07) is 17.1. The van der Waals surface area contributed by atoms with Gasteiger partial charge in [0.2, 0.25) is 0 Å². The van der Waals surface area contributed by atoms with Gasteiger partial charge in [-0.05, 0) is 47.5 Å². The van der Waals surface area contributed by atoms with Crippen molar-refractivity contribution in [3.8, 4) is 16.9 Å². The third-order valence-corrected chi connectivity index (χ3v) is 7.25. The molecule has 3 N–H and O–H groups in total. The van der Waals surface area contributed by atoms with Crippen LogP contribution in [-0.4, -0.2) is 60.9 Å². The van der Waals surface area contributed by atoms with E-state index in [0.29, 0.717) is 55.8 Å². The highest BCUT2D eigenvalue weighted by Gasteiger charge is 2.40. The summed E-state index contributed by atoms with van der Waals surface area (Å²) < 4.78 is 16.9. The third kappa shape index (κ3) is 3.79. The van der Waals surface area contributed by atoms with Crippen molar-refractivity contribution in [2.75, 3.05) is 33.4 Å². The van der Waals surface area contributed by atoms with Crippen LogP contribution < -0.4 is 10.5 Å². The van der Waals surface area contributed by atoms with Gasteiger partial charge in [0.05, 0.1) is 31.4 Å². The lowest BCUT2D eigenvalue weighted by Gasteiger charge is -2.37. The number of carbonyl (C=O) groups is 2. The number of aromatic nitrogens is 1. The first kappa shape index (κ1) is 22.6. The van der Waals surface area contributed by atoms with Gasteiger partial charge >= 0.3 is 0 Å². The molecule has 2 saturated heterocycles. The van der Waals surface area contributed by atoms with E-state index in [-0.39, 0.29) is 5.91 Å². The van der Waals surface area contributed by atoms with Crippen molar-refractivity contribution in [2.24, 2.45) is 5.73 Å². The molecule has 3 heterocycles. The second kappa shape index (κ2) is 8.65. The second-order valence-corrected chi connectivity index (χ2v) is 9.33. The van der Waals surface area contributed by atoms with Gasteiger partial charge < -0.3 is 29.8 Å². The Morgan fingerprint density at radius 2 is 1.75 bits per heavy atom. The molecule has 0 bridgehead atoms. The van der Waals surface area contributed by atoms with Crippen molar-refractivity contribution in [3.63, 3.8) is 0 Å². The fraction of sp³-hybridized carbons (Fsp3) is 0.286. The number of nitrogens with zero attached hydrogens (tertiary/aromatic N) is 1. The molecule has 1 spiro atoms. The van der Waals surface area contributed by atoms with Crippen molar-refractivity contribution in [1.29, 1.82) is 0 Å². The first-order valence-corrected chi connectivity index (χ1v) is 12.1. The molecule has 1 aromatic heterocycles. The van der Waals surface area contributed by atoms with E-state index < -0.39 is 11.7 Å². The number of likely N-dealkylation sites (tertiary alicyclic amines) is 1. The van der Waals surface area contributed by atoms with Gasteiger partial charge in [-0.25, -0.2) is 0 Å². The van der Waals surface area contributed by atoms with Crippen LogP contribution in [0.5, 0.6) is 5.75 Å². The van der Waals surface area contributed by atoms with E-state index in [1.54, 1.807) is 13.2 Å². The van der Waals surface area contributed by atoms with Crippen LogP contribution in [0.3, 0.4) is 0 Å². The summed E-state index contributed by atoms with van der Waals surface area (Å²) in [6.45, 7) is 2.38. The number of H-pyrrole nitrogens is 1. The molecule has 36 heavy (non-hydrogen) atoms. The van der Waals surface area contributed by atoms with Crippen molar-refractivity contribution < 1.29 is 23.8 Å². The second-order valence-electron chi connectivity index (χ2n) is 9.33. The Balaban J connectivity index is 1.37. The Labute approximate surface area is 207 Å². The quantitative estimate of drug-likeness (QED) is 0.453. The molecule has 0 saturated carbocycles. The summed E-state index contributed by atoms with van der Waals surface area (Å²) in [5.41, 5.74) is 9.95. The molecule has 2 fully saturated rings. The van der Waals surface area contributed by atoms with Gasteiger partial charge in [-0.3, -0.25) is 9.59 Å². The van der Waals surface area contributed by atoms with Gasteiger partial charge in [-0.1, -0.05) is 18.2 Å². The van der Waals surface area contributed by atoms with Crippen LogP contribution in [0.4, 0.5) is 0 Å². The lowest BCUT2D eigenvalue weighted by Crippen LogP contribution is -2.47. The smallest absolute Gasteiger partial charge is 0.253 e. The maximum Gasteiger partial charge on any atom is 0.253 e. The van der Waals surface area contributed by atoms with Crippen molar-refractivity contribution in [2.45, 2.75) is 18.6 Å². The number of piperidine rings is 1. The first-order chi connectivity index (χ1) is 17.5. The lowest BCUT2D eigenvalue weighted by atomic mass is 9.98. The molecule has 0 aliphatic carbocycles. The standard InChI is InChI=1S/C28H27N3O5/c1-34-20-4-2-3-17(13-20)19-14-22-21-6-5-18(16-24(21)30-25(22)23(15-19)26(29)32)27(33)31-9-7-28(8-10-31)35-11-12-36-28/h2-6,13-16,30H,7-12H2,1H3,(H2,29,32). The predicted octanol–water partition coefficient (Wildman–Crippen LogP) is 4.07. The molecule has 8 nitrogen and oxygen atoms in total. The molecule has 0 radical (unpaired) electrons. The number of hydrogen-bond acceptors (Lipinski definition) is 5. The highest BCUT2D eigenvalue weighted by Crippen LogP contribution is 2.35. The molecule has 8 heteroatoms. The monoisotopic (exact) mass is 485 g/mol. The van der Waals surface area contributed by atoms with Crippen LogP contribution >= 0.6 is 0 Å². The summed E-state index contributed by atoms with van der Waals surface area (Å²) >= 11 is 0. The van der Waals surface area contributed by atoms with Gasteiger partial charge in [0.15, 0.2) is 5.79 Å². The molecule has 2 aliphatic heterocycles. The van der Waals surface area contributed by atoms with Crippen LogP contribution in [0.15, 0.2) is 54.6 Å². The van der Waals surface area contributed by atoms with E-state index in [1.807, 2.05) is 53.4 Å². The largest absolute Gasteiger partial charge is 0.497 e. The average molecular weight is 486 g/mol. The molecule has 6 rings (SSSR count). The third-order valence-electron chi connectivity index (χ3n) is 7.25. The molecule has 2 amide bonds. The van der Waals surface area contributed by atoms with Gasteiger partial charge in [0.1, 0.15) is 5.75 Å². The Kier molecular flexibility index (Phi) is 5.43. The Morgan fingerprint density at radius 3 is 2.47 bits per heavy atom. The lowest BCUT2D eigenvalue weighted by molar-refractivity contribution is -0.181. The number of nitrogens with two attached hydrogens (primary N) is 1. The fourth-order valence-electron chi connectivity index (χ4n) is 5.32. The molecule has 2 aliphatic rings. The van der Waals surface area contributed by atoms with Crippen LogP contribution in [0, 0.1) is 0 Å². The number of amides is 2. The first-order valence-electron chi connectivity index (χ1n) is 12.1. The molecular weight excluding hydrogens is 458 g/mol. The van der Waals surface area contributed by atoms with E-state index >= 15 is 0 Å². The number of aromatic amines is 1. The number of benzene rings is 3. The SMILES string of the molecule is COc1cccc(-c2cc(C(N)=O)c3[nH]c4cc(C(=O)N5CCC6(CC5)OCCO6)ccc4c3c2)c1. The number of primary amides is 1. The van der Waals surface area contributed by atoms with E-state index in [2.05, 4.69) is 4.98 Å². The summed E-state index contributed by atoms with van der Waals surface area (Å²) in [7, 11) is 1.62. The summed E-state index contributed by atoms with van der Waals surface area (Å²) in [5.74, 6) is -0.351. The zero-order chi connectivity index (χ0) is 24.9. The summed E-state index contributed by atoms with van der Waals surface area (Å²) in [5, 5.41) is 1.78. The molecule has 184 valence electrons. The Hall–Kier alpha value is -3.88. The molecular formula is C28H27N3O5. The molecule has 4 aromatic rings. The predicted molar refractivity (Wildman–Crippen MR) is 136 cm³/mol. The highest BCUT2D eigenvalue weighted by molar-refractivity contribution is 6.17. The van der Waals surface area contributed by atoms with Crippen LogP contribution in [0.1, 0.15) is 33.6 Å². The minimum absolute atomic E-state index is 0.0319. The normalized spacial score (nSPS) is 17.2. The molecule has 0 unspecified atom stereocenters. The van der Waals surface area contributed by atoms with E-state index in [4.69, 9.17) is 19.9 Å². The highest BCUT2D eigenvalue weighted by atomic mass is 16.7. The number of ether oxygens (including phenoxy) is 3. The topological polar surface area (TPSA) is 107 Å². The van der Waals surface area contributed by atoms with Crippen LogP contribution in [0.2, 0.25) is 0 Å². The van der Waals surface area contributed by atoms with Gasteiger partial charge in [-0.2, -0.15) is 0 Å². The minimum Gasteiger partial charge on any atom is -0.497 e. The Bertz CT molecular complexity index is 1490. The van der Waals surface area contributed by atoms with Gasteiger partial charge in [0.25, 0.3) is 11.8 Å². The zero-order valence-electron chi connectivity index (χ0n) is 20.0. The van der Waals surface area contributed by atoms with Crippen LogP contribution in [0.25, 0.3) is 32.9 Å². The number of fused-ring (bicyclic) bond motifs is 3. The maximum absolute atomic E-state index is 13.3. The number of hydrogen-bond donors (Lipinski definition) is 2. The molecule has 0 atom stereocenters. The minimum atomic E-state index is -0.524.